The lowest BCUT2D eigenvalue weighted by molar-refractivity contribution is 0.117. The van der Waals surface area contributed by atoms with Crippen molar-refractivity contribution in [3.05, 3.63) is 11.8 Å². The first-order chi connectivity index (χ1) is 9.44. The van der Waals surface area contributed by atoms with Crippen LogP contribution in [0.4, 0.5) is 0 Å². The average Bonchev–Trinajstić information content (AvgIpc) is 2.89. The SMILES string of the molecule is CN1CCN(C)C(CNS(=O)(=O)c2[nH]ncc2CN)C1. The third kappa shape index (κ3) is 3.36. The van der Waals surface area contributed by atoms with Gasteiger partial charge >= 0.3 is 0 Å². The highest BCUT2D eigenvalue weighted by Gasteiger charge is 2.26. The number of H-pyrrole nitrogens is 1. The summed E-state index contributed by atoms with van der Waals surface area (Å²) in [7, 11) is 0.452. The summed E-state index contributed by atoms with van der Waals surface area (Å²) in [6.07, 6.45) is 1.44. The Labute approximate surface area is 119 Å². The van der Waals surface area contributed by atoms with Gasteiger partial charge in [0.05, 0.1) is 6.20 Å². The summed E-state index contributed by atoms with van der Waals surface area (Å²) >= 11 is 0. The molecule has 9 heteroatoms. The fraction of sp³-hybridized carbons (Fsp3) is 0.727. The quantitative estimate of drug-likeness (QED) is 0.604. The maximum Gasteiger partial charge on any atom is 0.257 e. The molecule has 0 aromatic carbocycles. The van der Waals surface area contributed by atoms with Crippen molar-refractivity contribution in [2.45, 2.75) is 17.6 Å². The first kappa shape index (κ1) is 15.4. The van der Waals surface area contributed by atoms with Crippen molar-refractivity contribution in [1.29, 1.82) is 0 Å². The third-order valence-corrected chi connectivity index (χ3v) is 5.09. The van der Waals surface area contributed by atoms with Crippen molar-refractivity contribution in [1.82, 2.24) is 24.7 Å². The molecule has 1 saturated heterocycles. The Kier molecular flexibility index (Phi) is 4.76. The highest BCUT2D eigenvalue weighted by atomic mass is 32.2. The van der Waals surface area contributed by atoms with Crippen LogP contribution < -0.4 is 10.5 Å². The topological polar surface area (TPSA) is 107 Å². The zero-order chi connectivity index (χ0) is 14.8. The van der Waals surface area contributed by atoms with Gasteiger partial charge in [-0.25, -0.2) is 13.1 Å². The van der Waals surface area contributed by atoms with Crippen LogP contribution in [0, 0.1) is 0 Å². The van der Waals surface area contributed by atoms with Gasteiger partial charge in [0, 0.05) is 44.3 Å². The molecule has 8 nitrogen and oxygen atoms in total. The standard InChI is InChI=1S/C11H22N6O2S/c1-16-3-4-17(2)10(8-16)7-14-20(18,19)11-9(5-12)6-13-15-11/h6,10,14H,3-5,7-8,12H2,1-2H3,(H,13,15). The van der Waals surface area contributed by atoms with Crippen LogP contribution in [0.5, 0.6) is 0 Å². The summed E-state index contributed by atoms with van der Waals surface area (Å²) in [5.41, 5.74) is 6.00. The Morgan fingerprint density at radius 1 is 1.50 bits per heavy atom. The van der Waals surface area contributed by atoms with Gasteiger partial charge < -0.3 is 10.6 Å². The number of nitrogens with one attached hydrogen (secondary N) is 2. The van der Waals surface area contributed by atoms with E-state index in [9.17, 15) is 8.42 Å². The minimum atomic E-state index is -3.59. The van der Waals surface area contributed by atoms with Crippen LogP contribution in [0.25, 0.3) is 0 Å². The van der Waals surface area contributed by atoms with Gasteiger partial charge in [0.25, 0.3) is 10.0 Å². The van der Waals surface area contributed by atoms with Crippen molar-refractivity contribution < 1.29 is 8.42 Å². The van der Waals surface area contributed by atoms with Gasteiger partial charge in [-0.3, -0.25) is 10.00 Å². The molecule has 0 bridgehead atoms. The van der Waals surface area contributed by atoms with Crippen LogP contribution in [0.3, 0.4) is 0 Å². The summed E-state index contributed by atoms with van der Waals surface area (Å²) in [4.78, 5) is 4.36. The van der Waals surface area contributed by atoms with Crippen LogP contribution in [0.1, 0.15) is 5.56 Å². The lowest BCUT2D eigenvalue weighted by Crippen LogP contribution is -2.54. The van der Waals surface area contributed by atoms with E-state index in [2.05, 4.69) is 24.7 Å². The van der Waals surface area contributed by atoms with Gasteiger partial charge in [-0.2, -0.15) is 5.10 Å². The first-order valence-electron chi connectivity index (χ1n) is 6.55. The van der Waals surface area contributed by atoms with E-state index < -0.39 is 10.0 Å². The van der Waals surface area contributed by atoms with E-state index in [1.807, 2.05) is 14.1 Å². The largest absolute Gasteiger partial charge is 0.326 e. The monoisotopic (exact) mass is 302 g/mol. The summed E-state index contributed by atoms with van der Waals surface area (Å²) in [5, 5.41) is 6.30. The zero-order valence-corrected chi connectivity index (χ0v) is 12.7. The second-order valence-electron chi connectivity index (χ2n) is 5.18. The Morgan fingerprint density at radius 3 is 2.95 bits per heavy atom. The lowest BCUT2D eigenvalue weighted by atomic mass is 10.2. The van der Waals surface area contributed by atoms with E-state index in [0.29, 0.717) is 12.1 Å². The molecule has 1 atom stereocenters. The minimum Gasteiger partial charge on any atom is -0.326 e. The number of nitrogens with zero attached hydrogens (tertiary/aromatic N) is 3. The summed E-state index contributed by atoms with van der Waals surface area (Å²) in [6.45, 7) is 3.27. The molecular weight excluding hydrogens is 280 g/mol. The molecule has 0 saturated carbocycles. The Hall–Kier alpha value is -1.00. The number of rotatable bonds is 5. The number of aromatic nitrogens is 2. The molecular formula is C11H22N6O2S. The van der Waals surface area contributed by atoms with Crippen LogP contribution in [-0.2, 0) is 16.6 Å². The van der Waals surface area contributed by atoms with Gasteiger partial charge in [0.2, 0.25) is 0 Å². The highest BCUT2D eigenvalue weighted by molar-refractivity contribution is 7.89. The van der Waals surface area contributed by atoms with Gasteiger partial charge in [0.1, 0.15) is 0 Å². The minimum absolute atomic E-state index is 0.0619. The number of piperazine rings is 1. The molecule has 2 rings (SSSR count). The average molecular weight is 302 g/mol. The third-order valence-electron chi connectivity index (χ3n) is 3.66. The van der Waals surface area contributed by atoms with Crippen LogP contribution >= 0.6 is 0 Å². The van der Waals surface area contributed by atoms with Crippen molar-refractivity contribution in [3.8, 4) is 0 Å². The van der Waals surface area contributed by atoms with Crippen LogP contribution in [0.2, 0.25) is 0 Å². The number of nitrogens with two attached hydrogens (primary N) is 1. The van der Waals surface area contributed by atoms with Crippen molar-refractivity contribution >= 4 is 10.0 Å². The fourth-order valence-corrected chi connectivity index (χ4v) is 3.49. The van der Waals surface area contributed by atoms with Crippen molar-refractivity contribution in [2.75, 3.05) is 40.3 Å². The molecule has 1 aromatic heterocycles. The molecule has 1 unspecified atom stereocenters. The Bertz CT molecular complexity index is 543. The van der Waals surface area contributed by atoms with Gasteiger partial charge in [-0.1, -0.05) is 0 Å². The highest BCUT2D eigenvalue weighted by Crippen LogP contribution is 2.12. The summed E-state index contributed by atoms with van der Waals surface area (Å²) in [5.74, 6) is 0. The maximum atomic E-state index is 12.2. The Morgan fingerprint density at radius 2 is 2.25 bits per heavy atom. The summed E-state index contributed by atoms with van der Waals surface area (Å²) in [6, 6.07) is 0.160. The fourth-order valence-electron chi connectivity index (χ4n) is 2.28. The van der Waals surface area contributed by atoms with E-state index in [-0.39, 0.29) is 17.6 Å². The van der Waals surface area contributed by atoms with E-state index in [1.54, 1.807) is 0 Å². The maximum absolute atomic E-state index is 12.2. The van der Waals surface area contributed by atoms with Crippen molar-refractivity contribution in [2.24, 2.45) is 5.73 Å². The number of sulfonamides is 1. The van der Waals surface area contributed by atoms with E-state index >= 15 is 0 Å². The molecule has 1 aromatic rings. The summed E-state index contributed by atoms with van der Waals surface area (Å²) < 4.78 is 27.1. The molecule has 0 amide bonds. The van der Waals surface area contributed by atoms with Gasteiger partial charge in [-0.05, 0) is 14.1 Å². The van der Waals surface area contributed by atoms with Crippen molar-refractivity contribution in [3.63, 3.8) is 0 Å². The van der Waals surface area contributed by atoms with E-state index in [4.69, 9.17) is 5.73 Å². The molecule has 20 heavy (non-hydrogen) atoms. The van der Waals surface area contributed by atoms with Gasteiger partial charge in [0.15, 0.2) is 5.03 Å². The van der Waals surface area contributed by atoms with Crippen LogP contribution in [-0.4, -0.2) is 74.7 Å². The number of hydrogen-bond acceptors (Lipinski definition) is 6. The molecule has 114 valence electrons. The molecule has 1 aliphatic heterocycles. The van der Waals surface area contributed by atoms with Crippen LogP contribution in [0.15, 0.2) is 11.2 Å². The number of hydrogen-bond donors (Lipinski definition) is 3. The Balaban J connectivity index is 2.02. The lowest BCUT2D eigenvalue weighted by Gasteiger charge is -2.37. The smallest absolute Gasteiger partial charge is 0.257 e. The van der Waals surface area contributed by atoms with E-state index in [0.717, 1.165) is 19.6 Å². The zero-order valence-electron chi connectivity index (χ0n) is 11.8. The first-order valence-corrected chi connectivity index (χ1v) is 8.03. The van der Waals surface area contributed by atoms with Gasteiger partial charge in [-0.15, -0.1) is 0 Å². The second kappa shape index (κ2) is 6.19. The molecule has 0 spiro atoms. The molecule has 4 N–H and O–H groups in total. The predicted molar refractivity (Wildman–Crippen MR) is 75.6 cm³/mol. The molecule has 0 radical (unpaired) electrons. The molecule has 1 fully saturated rings. The normalized spacial score (nSPS) is 22.2. The molecule has 2 heterocycles. The number of likely N-dealkylation sites (N-methyl/N-ethyl adjacent to an activating group) is 2. The molecule has 1 aliphatic rings. The van der Waals surface area contributed by atoms with E-state index in [1.165, 1.54) is 6.20 Å². The predicted octanol–water partition coefficient (Wildman–Crippen LogP) is -1.61. The molecule has 0 aliphatic carbocycles. The number of aromatic amines is 1. The second-order valence-corrected chi connectivity index (χ2v) is 6.88.